The highest BCUT2D eigenvalue weighted by Crippen LogP contribution is 2.33. The van der Waals surface area contributed by atoms with Gasteiger partial charge in [0, 0.05) is 31.6 Å². The van der Waals surface area contributed by atoms with Gasteiger partial charge in [0.2, 0.25) is 5.91 Å². The average molecular weight is 287 g/mol. The van der Waals surface area contributed by atoms with Crippen molar-refractivity contribution in [1.29, 1.82) is 0 Å². The molecule has 0 radical (unpaired) electrons. The molecule has 3 aliphatic heterocycles. The molecule has 0 aliphatic carbocycles. The summed E-state index contributed by atoms with van der Waals surface area (Å²) >= 11 is 0. The molecule has 3 heterocycles. The lowest BCUT2D eigenvalue weighted by Crippen LogP contribution is -2.42. The Labute approximate surface area is 122 Å². The zero-order valence-electron chi connectivity index (χ0n) is 11.9. The Morgan fingerprint density at radius 1 is 1.11 bits per heavy atom. The maximum Gasteiger partial charge on any atom is 0.222 e. The maximum atomic E-state index is 12.3. The van der Waals surface area contributed by atoms with Crippen molar-refractivity contribution in [3.63, 3.8) is 0 Å². The van der Waals surface area contributed by atoms with Gasteiger partial charge in [0.05, 0.1) is 0 Å². The van der Waals surface area contributed by atoms with Crippen molar-refractivity contribution in [2.24, 2.45) is 11.8 Å². The SMILES string of the molecule is CC1CCN(C(=O)CC2CC3CCC(C2)N3)CC1.Cl. The molecule has 1 amide bonds. The van der Waals surface area contributed by atoms with E-state index in [-0.39, 0.29) is 12.4 Å². The fraction of sp³-hybridized carbons (Fsp3) is 0.933. The van der Waals surface area contributed by atoms with Crippen molar-refractivity contribution in [2.75, 3.05) is 13.1 Å². The molecule has 0 aromatic rings. The van der Waals surface area contributed by atoms with Crippen molar-refractivity contribution in [3.8, 4) is 0 Å². The highest BCUT2D eigenvalue weighted by Gasteiger charge is 2.35. The lowest BCUT2D eigenvalue weighted by Gasteiger charge is -2.33. The van der Waals surface area contributed by atoms with Gasteiger partial charge in [-0.15, -0.1) is 12.4 Å². The lowest BCUT2D eigenvalue weighted by atomic mass is 9.89. The number of nitrogens with zero attached hydrogens (tertiary/aromatic N) is 1. The summed E-state index contributed by atoms with van der Waals surface area (Å²) in [6.07, 6.45) is 8.32. The van der Waals surface area contributed by atoms with E-state index in [0.717, 1.165) is 25.4 Å². The predicted molar refractivity (Wildman–Crippen MR) is 79.5 cm³/mol. The Morgan fingerprint density at radius 3 is 2.26 bits per heavy atom. The van der Waals surface area contributed by atoms with Crippen LogP contribution in [0.25, 0.3) is 0 Å². The van der Waals surface area contributed by atoms with Crippen LogP contribution in [-0.4, -0.2) is 36.0 Å². The number of carbonyl (C=O) groups is 1. The fourth-order valence-electron chi connectivity index (χ4n) is 3.98. The maximum absolute atomic E-state index is 12.3. The van der Waals surface area contributed by atoms with Crippen LogP contribution in [0.5, 0.6) is 0 Å². The van der Waals surface area contributed by atoms with Gasteiger partial charge in [-0.25, -0.2) is 0 Å². The van der Waals surface area contributed by atoms with Crippen LogP contribution in [-0.2, 0) is 4.79 Å². The second-order valence-electron chi connectivity index (χ2n) is 6.74. The third-order valence-corrected chi connectivity index (χ3v) is 5.17. The van der Waals surface area contributed by atoms with E-state index < -0.39 is 0 Å². The Kier molecular flexibility index (Phi) is 5.13. The molecule has 3 nitrogen and oxygen atoms in total. The fourth-order valence-corrected chi connectivity index (χ4v) is 3.98. The van der Waals surface area contributed by atoms with Gasteiger partial charge in [0.1, 0.15) is 0 Å². The highest BCUT2D eigenvalue weighted by atomic mass is 35.5. The minimum atomic E-state index is 0. The minimum absolute atomic E-state index is 0. The van der Waals surface area contributed by atoms with Crippen LogP contribution >= 0.6 is 12.4 Å². The number of nitrogens with one attached hydrogen (secondary N) is 1. The summed E-state index contributed by atoms with van der Waals surface area (Å²) in [6.45, 7) is 4.29. The molecule has 0 saturated carbocycles. The number of hydrogen-bond donors (Lipinski definition) is 1. The molecule has 3 rings (SSSR count). The first kappa shape index (κ1) is 15.1. The Balaban J connectivity index is 0.00000133. The van der Waals surface area contributed by atoms with E-state index in [1.54, 1.807) is 0 Å². The number of likely N-dealkylation sites (tertiary alicyclic amines) is 1. The standard InChI is InChI=1S/C15H26N2O.ClH/c1-11-4-6-17(7-5-11)15(18)10-12-8-13-2-3-14(9-12)16-13;/h11-14,16H,2-10H2,1H3;1H. The number of halogens is 1. The summed E-state index contributed by atoms with van der Waals surface area (Å²) in [5.41, 5.74) is 0. The molecule has 3 saturated heterocycles. The van der Waals surface area contributed by atoms with E-state index in [4.69, 9.17) is 0 Å². The van der Waals surface area contributed by atoms with Crippen LogP contribution in [0.3, 0.4) is 0 Å². The molecule has 1 N–H and O–H groups in total. The first-order chi connectivity index (χ1) is 8.70. The smallest absolute Gasteiger partial charge is 0.222 e. The molecular weight excluding hydrogens is 260 g/mol. The van der Waals surface area contributed by atoms with Gasteiger partial charge < -0.3 is 10.2 Å². The molecule has 4 heteroatoms. The molecule has 2 bridgehead atoms. The molecule has 2 unspecified atom stereocenters. The second-order valence-corrected chi connectivity index (χ2v) is 6.74. The van der Waals surface area contributed by atoms with Gasteiger partial charge in [-0.2, -0.15) is 0 Å². The molecule has 2 atom stereocenters. The van der Waals surface area contributed by atoms with Gasteiger partial charge in [0.25, 0.3) is 0 Å². The van der Waals surface area contributed by atoms with Crippen LogP contribution in [0.15, 0.2) is 0 Å². The molecule has 19 heavy (non-hydrogen) atoms. The summed E-state index contributed by atoms with van der Waals surface area (Å²) in [5, 5.41) is 3.65. The topological polar surface area (TPSA) is 32.3 Å². The number of fused-ring (bicyclic) bond motifs is 2. The summed E-state index contributed by atoms with van der Waals surface area (Å²) in [6, 6.07) is 1.42. The van der Waals surface area contributed by atoms with Crippen LogP contribution < -0.4 is 5.32 Å². The first-order valence-corrected chi connectivity index (χ1v) is 7.74. The molecule has 0 aromatic carbocycles. The van der Waals surface area contributed by atoms with Crippen LogP contribution in [0, 0.1) is 11.8 Å². The first-order valence-electron chi connectivity index (χ1n) is 7.74. The van der Waals surface area contributed by atoms with Gasteiger partial charge >= 0.3 is 0 Å². The number of piperidine rings is 2. The third kappa shape index (κ3) is 3.63. The van der Waals surface area contributed by atoms with Crippen LogP contribution in [0.1, 0.15) is 51.9 Å². The van der Waals surface area contributed by atoms with Crippen LogP contribution in [0.2, 0.25) is 0 Å². The normalized spacial score (nSPS) is 35.0. The molecule has 110 valence electrons. The summed E-state index contributed by atoms with van der Waals surface area (Å²) in [4.78, 5) is 14.4. The highest BCUT2D eigenvalue weighted by molar-refractivity contribution is 5.85. The van der Waals surface area contributed by atoms with Crippen LogP contribution in [0.4, 0.5) is 0 Å². The number of rotatable bonds is 2. The van der Waals surface area contributed by atoms with E-state index in [1.807, 2.05) is 0 Å². The summed E-state index contributed by atoms with van der Waals surface area (Å²) < 4.78 is 0. The largest absolute Gasteiger partial charge is 0.343 e. The summed E-state index contributed by atoms with van der Waals surface area (Å²) in [5.74, 6) is 1.88. The summed E-state index contributed by atoms with van der Waals surface area (Å²) in [7, 11) is 0. The van der Waals surface area contributed by atoms with E-state index in [0.29, 0.717) is 23.9 Å². The van der Waals surface area contributed by atoms with E-state index >= 15 is 0 Å². The van der Waals surface area contributed by atoms with E-state index in [2.05, 4.69) is 17.1 Å². The molecule has 0 spiro atoms. The average Bonchev–Trinajstić information content (AvgIpc) is 2.69. The molecule has 0 aromatic heterocycles. The minimum Gasteiger partial charge on any atom is -0.343 e. The molecular formula is C15H27ClN2O. The van der Waals surface area contributed by atoms with Gasteiger partial charge in [-0.1, -0.05) is 6.92 Å². The van der Waals surface area contributed by atoms with Gasteiger partial charge in [-0.05, 0) is 50.4 Å². The Bertz CT molecular complexity index is 303. The second kappa shape index (κ2) is 6.45. The van der Waals surface area contributed by atoms with Gasteiger partial charge in [0.15, 0.2) is 0 Å². The van der Waals surface area contributed by atoms with Crippen molar-refractivity contribution < 1.29 is 4.79 Å². The van der Waals surface area contributed by atoms with Gasteiger partial charge in [-0.3, -0.25) is 4.79 Å². The molecule has 3 fully saturated rings. The Hall–Kier alpha value is -0.280. The number of hydrogen-bond acceptors (Lipinski definition) is 2. The predicted octanol–water partition coefficient (Wildman–Crippen LogP) is 2.59. The number of amides is 1. The quantitative estimate of drug-likeness (QED) is 0.846. The molecule has 3 aliphatic rings. The zero-order chi connectivity index (χ0) is 12.5. The third-order valence-electron chi connectivity index (χ3n) is 5.17. The lowest BCUT2D eigenvalue weighted by molar-refractivity contribution is -0.133. The van der Waals surface area contributed by atoms with E-state index in [1.165, 1.54) is 38.5 Å². The van der Waals surface area contributed by atoms with Crippen molar-refractivity contribution in [1.82, 2.24) is 10.2 Å². The Morgan fingerprint density at radius 2 is 1.68 bits per heavy atom. The van der Waals surface area contributed by atoms with Crippen molar-refractivity contribution in [3.05, 3.63) is 0 Å². The zero-order valence-corrected chi connectivity index (χ0v) is 12.8. The van der Waals surface area contributed by atoms with Crippen molar-refractivity contribution in [2.45, 2.75) is 64.0 Å². The number of carbonyl (C=O) groups excluding carboxylic acids is 1. The van der Waals surface area contributed by atoms with Crippen molar-refractivity contribution >= 4 is 18.3 Å². The monoisotopic (exact) mass is 286 g/mol. The van der Waals surface area contributed by atoms with E-state index in [9.17, 15) is 4.79 Å².